The Morgan fingerprint density at radius 2 is 2.22 bits per heavy atom. The van der Waals surface area contributed by atoms with E-state index in [0.717, 1.165) is 24.1 Å². The zero-order chi connectivity index (χ0) is 16.4. The number of hydrogen-bond acceptors (Lipinski definition) is 3. The summed E-state index contributed by atoms with van der Waals surface area (Å²) in [7, 11) is 0. The van der Waals surface area contributed by atoms with Crippen LogP contribution in [0.15, 0.2) is 30.3 Å². The Hall–Kier alpha value is -2.14. The second kappa shape index (κ2) is 6.16. The minimum absolute atomic E-state index is 0.191. The third-order valence-corrected chi connectivity index (χ3v) is 4.53. The van der Waals surface area contributed by atoms with E-state index in [1.807, 2.05) is 32.0 Å². The summed E-state index contributed by atoms with van der Waals surface area (Å²) in [5, 5.41) is 18.2. The number of carbonyl (C=O) groups excluding carboxylic acids is 1. The Morgan fingerprint density at radius 3 is 3.00 bits per heavy atom. The van der Waals surface area contributed by atoms with Gasteiger partial charge in [-0.15, -0.1) is 0 Å². The normalized spacial score (nSPS) is 20.1. The van der Waals surface area contributed by atoms with Crippen LogP contribution in [0.25, 0.3) is 0 Å². The van der Waals surface area contributed by atoms with Crippen LogP contribution in [0, 0.1) is 6.92 Å². The average molecular weight is 313 g/mol. The van der Waals surface area contributed by atoms with Crippen molar-refractivity contribution in [3.63, 3.8) is 0 Å². The summed E-state index contributed by atoms with van der Waals surface area (Å²) < 4.78 is 1.68. The molecule has 0 saturated heterocycles. The van der Waals surface area contributed by atoms with E-state index < -0.39 is 5.60 Å². The number of nitrogens with one attached hydrogen (secondary N) is 1. The molecule has 5 heteroatoms. The first-order chi connectivity index (χ1) is 11.0. The van der Waals surface area contributed by atoms with E-state index in [-0.39, 0.29) is 12.5 Å². The molecule has 0 spiro atoms. The molecule has 0 aliphatic heterocycles. The van der Waals surface area contributed by atoms with E-state index in [1.165, 1.54) is 5.56 Å². The molecule has 1 aromatic heterocycles. The van der Waals surface area contributed by atoms with Gasteiger partial charge in [-0.2, -0.15) is 5.10 Å². The van der Waals surface area contributed by atoms with Crippen LogP contribution in [-0.4, -0.2) is 27.3 Å². The lowest BCUT2D eigenvalue weighted by Gasteiger charge is -2.34. The van der Waals surface area contributed by atoms with Gasteiger partial charge in [0, 0.05) is 6.54 Å². The van der Waals surface area contributed by atoms with Gasteiger partial charge in [0.2, 0.25) is 0 Å². The fraction of sp³-hybridized carbons (Fsp3) is 0.444. The van der Waals surface area contributed by atoms with Crippen LogP contribution in [0.4, 0.5) is 0 Å². The van der Waals surface area contributed by atoms with Crippen molar-refractivity contribution >= 4 is 5.91 Å². The van der Waals surface area contributed by atoms with Crippen LogP contribution in [-0.2, 0) is 18.6 Å². The lowest BCUT2D eigenvalue weighted by atomic mass is 9.79. The van der Waals surface area contributed by atoms with Crippen LogP contribution in [0.1, 0.15) is 47.1 Å². The van der Waals surface area contributed by atoms with E-state index >= 15 is 0 Å². The number of amides is 1. The number of aliphatic hydroxyl groups is 1. The molecule has 1 amide bonds. The molecule has 1 aliphatic carbocycles. The third kappa shape index (κ3) is 3.01. The fourth-order valence-electron chi connectivity index (χ4n) is 3.37. The van der Waals surface area contributed by atoms with Crippen LogP contribution in [0.3, 0.4) is 0 Å². The number of rotatable bonds is 4. The van der Waals surface area contributed by atoms with E-state index in [0.29, 0.717) is 18.7 Å². The summed E-state index contributed by atoms with van der Waals surface area (Å²) in [6.45, 7) is 4.68. The van der Waals surface area contributed by atoms with Crippen molar-refractivity contribution in [2.75, 3.05) is 6.54 Å². The zero-order valence-electron chi connectivity index (χ0n) is 13.7. The summed E-state index contributed by atoms with van der Waals surface area (Å²) >= 11 is 0. The molecule has 2 aromatic rings. The number of aryl methyl sites for hydroxylation is 3. The van der Waals surface area contributed by atoms with Gasteiger partial charge in [0.25, 0.3) is 5.91 Å². The van der Waals surface area contributed by atoms with Crippen molar-refractivity contribution in [3.05, 3.63) is 52.8 Å². The molecule has 0 bridgehead atoms. The second-order valence-electron chi connectivity index (χ2n) is 6.21. The molecule has 1 aliphatic rings. The smallest absolute Gasteiger partial charge is 0.269 e. The number of aromatic nitrogens is 2. The first kappa shape index (κ1) is 15.7. The first-order valence-electron chi connectivity index (χ1n) is 8.17. The zero-order valence-corrected chi connectivity index (χ0v) is 13.7. The molecule has 1 unspecified atom stereocenters. The molecule has 0 saturated carbocycles. The predicted molar refractivity (Wildman–Crippen MR) is 88.2 cm³/mol. The Bertz CT molecular complexity index is 723. The molecule has 23 heavy (non-hydrogen) atoms. The minimum Gasteiger partial charge on any atom is -0.383 e. The van der Waals surface area contributed by atoms with Crippen molar-refractivity contribution in [2.24, 2.45) is 0 Å². The van der Waals surface area contributed by atoms with E-state index in [1.54, 1.807) is 10.7 Å². The van der Waals surface area contributed by atoms with Crippen LogP contribution < -0.4 is 5.32 Å². The highest BCUT2D eigenvalue weighted by atomic mass is 16.3. The number of benzene rings is 1. The van der Waals surface area contributed by atoms with Crippen molar-refractivity contribution in [1.29, 1.82) is 0 Å². The maximum absolute atomic E-state index is 12.5. The van der Waals surface area contributed by atoms with Gasteiger partial charge in [-0.05, 0) is 50.3 Å². The van der Waals surface area contributed by atoms with Gasteiger partial charge in [0.05, 0.1) is 12.2 Å². The molecular weight excluding hydrogens is 290 g/mol. The highest BCUT2D eigenvalue weighted by Gasteiger charge is 2.34. The van der Waals surface area contributed by atoms with Crippen molar-refractivity contribution < 1.29 is 9.90 Å². The van der Waals surface area contributed by atoms with Gasteiger partial charge >= 0.3 is 0 Å². The molecule has 122 valence electrons. The molecule has 1 atom stereocenters. The highest BCUT2D eigenvalue weighted by molar-refractivity contribution is 5.92. The number of carbonyl (C=O) groups is 1. The lowest BCUT2D eigenvalue weighted by molar-refractivity contribution is 0.0188. The topological polar surface area (TPSA) is 67.2 Å². The number of nitrogens with zero attached hydrogens (tertiary/aromatic N) is 2. The SMILES string of the molecule is CCn1nc(C)cc1C(=O)NCC1(O)CCCc2ccccc21. The molecular formula is C18H23N3O2. The van der Waals surface area contributed by atoms with E-state index in [4.69, 9.17) is 0 Å². The van der Waals surface area contributed by atoms with Gasteiger partial charge in [-0.3, -0.25) is 9.48 Å². The van der Waals surface area contributed by atoms with Gasteiger partial charge in [0.1, 0.15) is 11.3 Å². The summed E-state index contributed by atoms with van der Waals surface area (Å²) in [5.41, 5.74) is 2.48. The number of hydrogen-bond donors (Lipinski definition) is 2. The molecule has 0 radical (unpaired) electrons. The Kier molecular flexibility index (Phi) is 4.22. The second-order valence-corrected chi connectivity index (χ2v) is 6.21. The maximum Gasteiger partial charge on any atom is 0.269 e. The molecule has 5 nitrogen and oxygen atoms in total. The Balaban J connectivity index is 1.77. The Morgan fingerprint density at radius 1 is 1.43 bits per heavy atom. The van der Waals surface area contributed by atoms with Crippen LogP contribution in [0.2, 0.25) is 0 Å². The van der Waals surface area contributed by atoms with Gasteiger partial charge in [-0.25, -0.2) is 0 Å². The van der Waals surface area contributed by atoms with Crippen LogP contribution in [0.5, 0.6) is 0 Å². The number of fused-ring (bicyclic) bond motifs is 1. The van der Waals surface area contributed by atoms with E-state index in [9.17, 15) is 9.90 Å². The summed E-state index contributed by atoms with van der Waals surface area (Å²) in [4.78, 5) is 12.5. The standard InChI is InChI=1S/C18H23N3O2/c1-3-21-16(11-13(2)20-21)17(22)19-12-18(23)10-6-8-14-7-4-5-9-15(14)18/h4-5,7,9,11,23H,3,6,8,10,12H2,1-2H3,(H,19,22). The molecule has 3 rings (SSSR count). The van der Waals surface area contributed by atoms with E-state index in [2.05, 4.69) is 16.5 Å². The molecule has 0 fully saturated rings. The third-order valence-electron chi connectivity index (χ3n) is 4.53. The Labute approximate surface area is 136 Å². The van der Waals surface area contributed by atoms with Gasteiger partial charge in [-0.1, -0.05) is 24.3 Å². The molecule has 2 N–H and O–H groups in total. The van der Waals surface area contributed by atoms with Gasteiger partial charge in [0.15, 0.2) is 0 Å². The van der Waals surface area contributed by atoms with Crippen molar-refractivity contribution in [3.8, 4) is 0 Å². The average Bonchev–Trinajstić information content (AvgIpc) is 2.94. The van der Waals surface area contributed by atoms with Crippen molar-refractivity contribution in [2.45, 2.75) is 45.3 Å². The fourth-order valence-corrected chi connectivity index (χ4v) is 3.37. The highest BCUT2D eigenvalue weighted by Crippen LogP contribution is 2.34. The monoisotopic (exact) mass is 313 g/mol. The largest absolute Gasteiger partial charge is 0.383 e. The summed E-state index contributed by atoms with van der Waals surface area (Å²) in [6, 6.07) is 9.72. The quantitative estimate of drug-likeness (QED) is 0.909. The lowest BCUT2D eigenvalue weighted by Crippen LogP contribution is -2.43. The minimum atomic E-state index is -0.989. The molecule has 1 heterocycles. The summed E-state index contributed by atoms with van der Waals surface area (Å²) in [6.07, 6.45) is 2.57. The predicted octanol–water partition coefficient (Wildman–Crippen LogP) is 2.17. The van der Waals surface area contributed by atoms with Crippen molar-refractivity contribution in [1.82, 2.24) is 15.1 Å². The first-order valence-corrected chi connectivity index (χ1v) is 8.17. The maximum atomic E-state index is 12.5. The summed E-state index contributed by atoms with van der Waals surface area (Å²) in [5.74, 6) is -0.191. The molecule has 1 aromatic carbocycles. The van der Waals surface area contributed by atoms with Crippen LogP contribution >= 0.6 is 0 Å². The van der Waals surface area contributed by atoms with Gasteiger partial charge < -0.3 is 10.4 Å².